The third-order valence-electron chi connectivity index (χ3n) is 5.21. The lowest BCUT2D eigenvalue weighted by Crippen LogP contribution is -2.48. The van der Waals surface area contributed by atoms with Gasteiger partial charge in [-0.1, -0.05) is 30.1 Å². The van der Waals surface area contributed by atoms with Crippen LogP contribution in [0.15, 0.2) is 36.9 Å². The number of pyridine rings is 1. The monoisotopic (exact) mass is 402 g/mol. The van der Waals surface area contributed by atoms with Gasteiger partial charge in [-0.2, -0.15) is 0 Å². The molecule has 0 spiro atoms. The van der Waals surface area contributed by atoms with Crippen LogP contribution in [0.4, 0.5) is 5.82 Å². The molecule has 0 aliphatic carbocycles. The van der Waals surface area contributed by atoms with Gasteiger partial charge in [0, 0.05) is 48.8 Å². The Morgan fingerprint density at radius 1 is 1.26 bits per heavy atom. The van der Waals surface area contributed by atoms with Crippen molar-refractivity contribution in [3.63, 3.8) is 0 Å². The van der Waals surface area contributed by atoms with E-state index in [0.29, 0.717) is 34.2 Å². The van der Waals surface area contributed by atoms with E-state index in [4.69, 9.17) is 28.2 Å². The van der Waals surface area contributed by atoms with Crippen molar-refractivity contribution in [2.75, 3.05) is 4.90 Å². The number of benzene rings is 1. The molecule has 0 amide bonds. The zero-order valence-corrected chi connectivity index (χ0v) is 16.7. The number of halogens is 2. The van der Waals surface area contributed by atoms with E-state index < -0.39 is 0 Å². The first-order valence-electron chi connectivity index (χ1n) is 9.06. The Morgan fingerprint density at radius 3 is 2.78 bits per heavy atom. The predicted molar refractivity (Wildman–Crippen MR) is 109 cm³/mol. The Balaban J connectivity index is 1.96. The second kappa shape index (κ2) is 7.13. The summed E-state index contributed by atoms with van der Waals surface area (Å²) in [5.41, 5.74) is 1.59. The van der Waals surface area contributed by atoms with Crippen LogP contribution < -0.4 is 4.90 Å². The second-order valence-corrected chi connectivity index (χ2v) is 7.78. The largest absolute Gasteiger partial charge is 0.350 e. The van der Waals surface area contributed by atoms with Crippen LogP contribution in [0.2, 0.25) is 10.0 Å². The van der Waals surface area contributed by atoms with Gasteiger partial charge in [0.15, 0.2) is 0 Å². The van der Waals surface area contributed by atoms with Crippen molar-refractivity contribution in [1.82, 2.24) is 14.5 Å². The molecule has 3 aromatic rings. The summed E-state index contributed by atoms with van der Waals surface area (Å²) in [6, 6.07) is 5.96. The minimum Gasteiger partial charge on any atom is -0.350 e. The number of anilines is 1. The summed E-state index contributed by atoms with van der Waals surface area (Å²) >= 11 is 12.8. The van der Waals surface area contributed by atoms with Crippen molar-refractivity contribution in [3.05, 3.63) is 47.0 Å². The van der Waals surface area contributed by atoms with Crippen molar-refractivity contribution >= 4 is 45.7 Å². The number of fused-ring (bicyclic) bond motifs is 1. The highest BCUT2D eigenvalue weighted by Crippen LogP contribution is 2.37. The number of nitrogens with zero attached hydrogens (tertiary/aromatic N) is 4. The highest BCUT2D eigenvalue weighted by atomic mass is 35.5. The van der Waals surface area contributed by atoms with Gasteiger partial charge in [-0.05, 0) is 25.5 Å². The third kappa shape index (κ3) is 3.19. The van der Waals surface area contributed by atoms with Gasteiger partial charge in [0.05, 0.1) is 27.6 Å². The first-order valence-corrected chi connectivity index (χ1v) is 9.82. The maximum atomic E-state index is 12.1. The smallest absolute Gasteiger partial charge is 0.136 e. The Labute approximate surface area is 167 Å². The molecule has 1 fully saturated rings. The van der Waals surface area contributed by atoms with Gasteiger partial charge in [0.25, 0.3) is 0 Å². The molecule has 5 nitrogen and oxygen atoms in total. The van der Waals surface area contributed by atoms with E-state index in [-0.39, 0.29) is 12.1 Å². The molecule has 1 aliphatic rings. The summed E-state index contributed by atoms with van der Waals surface area (Å²) in [4.78, 5) is 23.4. The molecule has 1 saturated heterocycles. The lowest BCUT2D eigenvalue weighted by molar-refractivity contribution is -0.120. The van der Waals surface area contributed by atoms with E-state index in [1.54, 1.807) is 18.6 Å². The lowest BCUT2D eigenvalue weighted by Gasteiger charge is -2.41. The fourth-order valence-corrected chi connectivity index (χ4v) is 4.30. The zero-order chi connectivity index (χ0) is 19.1. The van der Waals surface area contributed by atoms with Crippen LogP contribution in [0.1, 0.15) is 33.1 Å². The number of ketones is 1. The summed E-state index contributed by atoms with van der Waals surface area (Å²) in [5.74, 6) is 1.12. The molecule has 140 valence electrons. The average Bonchev–Trinajstić information content (AvgIpc) is 3.18. The van der Waals surface area contributed by atoms with E-state index in [1.165, 1.54) is 0 Å². The van der Waals surface area contributed by atoms with Crippen LogP contribution in [0.5, 0.6) is 0 Å². The number of Topliss-reactive ketones (excluding diaryl/α,β-unsaturated/α-hetero) is 1. The number of hydrogen-bond donors (Lipinski definition) is 0. The van der Waals surface area contributed by atoms with E-state index in [2.05, 4.69) is 23.7 Å². The molecular weight excluding hydrogens is 383 g/mol. The number of hydrogen-bond acceptors (Lipinski definition) is 4. The van der Waals surface area contributed by atoms with Gasteiger partial charge < -0.3 is 9.47 Å². The fourth-order valence-electron chi connectivity index (χ4n) is 3.94. The molecule has 2 atom stereocenters. The van der Waals surface area contributed by atoms with Gasteiger partial charge >= 0.3 is 0 Å². The predicted octanol–water partition coefficient (Wildman–Crippen LogP) is 5.06. The standard InChI is InChI=1S/C20H20Cl2N4O/c1-3-13-9-14(27)8-12(2)26(13)18-10-17(25-7-6-23-11-25)15-4-5-16(21)19(22)20(15)24-18/h4-7,10-13H,3,8-9H2,1-2H3. The minimum atomic E-state index is 0.0785. The number of aromatic nitrogens is 3. The molecule has 2 unspecified atom stereocenters. The summed E-state index contributed by atoms with van der Waals surface area (Å²) in [5, 5.41) is 1.81. The van der Waals surface area contributed by atoms with Crippen molar-refractivity contribution in [2.24, 2.45) is 0 Å². The number of piperidine rings is 1. The molecule has 3 heterocycles. The maximum absolute atomic E-state index is 12.1. The molecule has 0 N–H and O–H groups in total. The summed E-state index contributed by atoms with van der Waals surface area (Å²) < 4.78 is 1.94. The SMILES string of the molecule is CCC1CC(=O)CC(C)N1c1cc(-n2ccnc2)c2ccc(Cl)c(Cl)c2n1. The molecule has 4 rings (SSSR count). The van der Waals surface area contributed by atoms with E-state index >= 15 is 0 Å². The number of rotatable bonds is 3. The molecule has 0 radical (unpaired) electrons. The Morgan fingerprint density at radius 2 is 2.07 bits per heavy atom. The van der Waals surface area contributed by atoms with Crippen LogP contribution in [-0.2, 0) is 4.79 Å². The molecule has 7 heteroatoms. The normalized spacial score (nSPS) is 20.4. The second-order valence-electron chi connectivity index (χ2n) is 6.99. The average molecular weight is 403 g/mol. The molecule has 1 aliphatic heterocycles. The first-order chi connectivity index (χ1) is 13.0. The van der Waals surface area contributed by atoms with Crippen LogP contribution in [0.3, 0.4) is 0 Å². The highest BCUT2D eigenvalue weighted by molar-refractivity contribution is 6.45. The Bertz CT molecular complexity index is 1000. The van der Waals surface area contributed by atoms with Gasteiger partial charge in [-0.3, -0.25) is 4.79 Å². The van der Waals surface area contributed by atoms with Crippen molar-refractivity contribution in [2.45, 2.75) is 45.2 Å². The van der Waals surface area contributed by atoms with Crippen molar-refractivity contribution < 1.29 is 4.79 Å². The molecule has 0 bridgehead atoms. The van der Waals surface area contributed by atoms with Crippen LogP contribution in [0, 0.1) is 0 Å². The van der Waals surface area contributed by atoms with Gasteiger partial charge in [-0.15, -0.1) is 0 Å². The fraction of sp³-hybridized carbons (Fsp3) is 0.350. The van der Waals surface area contributed by atoms with Gasteiger partial charge in [-0.25, -0.2) is 9.97 Å². The highest BCUT2D eigenvalue weighted by Gasteiger charge is 2.32. The van der Waals surface area contributed by atoms with Gasteiger partial charge in [0.2, 0.25) is 0 Å². The zero-order valence-electron chi connectivity index (χ0n) is 15.2. The maximum Gasteiger partial charge on any atom is 0.136 e. The molecule has 0 saturated carbocycles. The Kier molecular flexibility index (Phi) is 4.82. The molecule has 1 aromatic carbocycles. The Hall–Kier alpha value is -2.11. The van der Waals surface area contributed by atoms with Crippen molar-refractivity contribution in [1.29, 1.82) is 0 Å². The van der Waals surface area contributed by atoms with Crippen LogP contribution in [-0.4, -0.2) is 32.4 Å². The molecule has 2 aromatic heterocycles. The first kappa shape index (κ1) is 18.3. The summed E-state index contributed by atoms with van der Waals surface area (Å²) in [6.45, 7) is 4.17. The number of carbonyl (C=O) groups excluding carboxylic acids is 1. The summed E-state index contributed by atoms with van der Waals surface area (Å²) in [6.07, 6.45) is 7.33. The van der Waals surface area contributed by atoms with Crippen LogP contribution in [0.25, 0.3) is 16.6 Å². The number of carbonyl (C=O) groups is 1. The number of imidazole rings is 1. The third-order valence-corrected chi connectivity index (χ3v) is 6.00. The van der Waals surface area contributed by atoms with E-state index in [0.717, 1.165) is 23.3 Å². The lowest BCUT2D eigenvalue weighted by atomic mass is 9.93. The quantitative estimate of drug-likeness (QED) is 0.613. The van der Waals surface area contributed by atoms with Crippen molar-refractivity contribution in [3.8, 4) is 5.69 Å². The van der Waals surface area contributed by atoms with Crippen LogP contribution >= 0.6 is 23.2 Å². The molecular formula is C20H20Cl2N4O. The van der Waals surface area contributed by atoms with E-state index in [9.17, 15) is 4.79 Å². The topological polar surface area (TPSA) is 51.0 Å². The molecule has 27 heavy (non-hydrogen) atoms. The van der Waals surface area contributed by atoms with Gasteiger partial charge in [0.1, 0.15) is 11.6 Å². The minimum absolute atomic E-state index is 0.0785. The van der Waals surface area contributed by atoms with E-state index in [1.807, 2.05) is 22.9 Å². The summed E-state index contributed by atoms with van der Waals surface area (Å²) in [7, 11) is 0.